The lowest BCUT2D eigenvalue weighted by Gasteiger charge is -2.01. The maximum Gasteiger partial charge on any atom is 0.0960 e. The molecule has 10 heavy (non-hydrogen) atoms. The molecule has 0 aliphatic heterocycles. The van der Waals surface area contributed by atoms with Crippen LogP contribution in [0.25, 0.3) is 0 Å². The van der Waals surface area contributed by atoms with E-state index in [0.717, 1.165) is 12.2 Å². The Kier molecular flexibility index (Phi) is 5.94. The van der Waals surface area contributed by atoms with E-state index in [1.165, 1.54) is 25.5 Å². The molecule has 0 saturated carbocycles. The fraction of sp³-hybridized carbons (Fsp3) is 0.556. The van der Waals surface area contributed by atoms with Crippen LogP contribution in [-0.4, -0.2) is 0 Å². The van der Waals surface area contributed by atoms with Crippen LogP contribution in [0, 0.1) is 0 Å². The highest BCUT2D eigenvalue weighted by Crippen LogP contribution is 2.07. The molecule has 0 N–H and O–H groups in total. The second kappa shape index (κ2) is 6.40. The Labute approximate surface area is 63.4 Å². The largest absolute Gasteiger partial charge is 0.471 e. The minimum atomic E-state index is 0.823. The number of allylic oxidation sites excluding steroid dienone is 1. The zero-order chi connectivity index (χ0) is 7.82. The summed E-state index contributed by atoms with van der Waals surface area (Å²) in [5, 5.41) is 0. The summed E-state index contributed by atoms with van der Waals surface area (Å²) in [6.45, 7) is 9.35. The second-order valence-electron chi connectivity index (χ2n) is 2.28. The summed E-state index contributed by atoms with van der Waals surface area (Å²) in [5.74, 6) is 0.823. The fourth-order valence-electron chi connectivity index (χ4n) is 0.749. The average molecular weight is 140 g/mol. The first-order valence-electron chi connectivity index (χ1n) is 3.76. The number of hydrogen-bond donors (Lipinski definition) is 0. The molecular formula is C9H16O. The summed E-state index contributed by atoms with van der Waals surface area (Å²) in [5.41, 5.74) is 0. The summed E-state index contributed by atoms with van der Waals surface area (Å²) in [7, 11) is 0. The van der Waals surface area contributed by atoms with Crippen molar-refractivity contribution in [2.75, 3.05) is 0 Å². The molecule has 0 unspecified atom stereocenters. The van der Waals surface area contributed by atoms with E-state index in [1.807, 2.05) is 0 Å². The molecule has 0 rings (SSSR count). The van der Waals surface area contributed by atoms with Gasteiger partial charge in [-0.2, -0.15) is 0 Å². The number of ether oxygens (including phenoxy) is 1. The Morgan fingerprint density at radius 3 is 2.70 bits per heavy atom. The molecular weight excluding hydrogens is 124 g/mol. The van der Waals surface area contributed by atoms with Crippen molar-refractivity contribution in [3.63, 3.8) is 0 Å². The van der Waals surface area contributed by atoms with Gasteiger partial charge in [-0.3, -0.25) is 0 Å². The van der Waals surface area contributed by atoms with Crippen LogP contribution in [0.1, 0.15) is 32.6 Å². The van der Waals surface area contributed by atoms with Gasteiger partial charge in [0.1, 0.15) is 0 Å². The standard InChI is InChI=1S/C9H16O/c1-4-6-7-8-9(3)10-5-2/h5H,2-4,6-8H2,1H3. The summed E-state index contributed by atoms with van der Waals surface area (Å²) in [4.78, 5) is 0. The summed E-state index contributed by atoms with van der Waals surface area (Å²) in [6.07, 6.45) is 6.04. The molecule has 0 heterocycles. The molecule has 0 saturated heterocycles. The molecule has 1 nitrogen and oxygen atoms in total. The number of unbranched alkanes of at least 4 members (excludes halogenated alkanes) is 2. The van der Waals surface area contributed by atoms with Gasteiger partial charge in [0.2, 0.25) is 0 Å². The van der Waals surface area contributed by atoms with Gasteiger partial charge in [-0.1, -0.05) is 32.9 Å². The highest BCUT2D eigenvalue weighted by molar-refractivity contribution is 4.84. The van der Waals surface area contributed by atoms with Gasteiger partial charge < -0.3 is 4.74 Å². The Balaban J connectivity index is 3.13. The zero-order valence-corrected chi connectivity index (χ0v) is 6.73. The molecule has 0 fully saturated rings. The van der Waals surface area contributed by atoms with Crippen LogP contribution in [0.4, 0.5) is 0 Å². The fourth-order valence-corrected chi connectivity index (χ4v) is 0.749. The first-order chi connectivity index (χ1) is 4.81. The molecule has 0 aliphatic rings. The lowest BCUT2D eigenvalue weighted by atomic mass is 10.2. The minimum Gasteiger partial charge on any atom is -0.471 e. The number of rotatable bonds is 6. The first kappa shape index (κ1) is 9.28. The maximum atomic E-state index is 4.96. The van der Waals surface area contributed by atoms with Gasteiger partial charge in [-0.05, 0) is 6.42 Å². The van der Waals surface area contributed by atoms with Crippen LogP contribution in [0.2, 0.25) is 0 Å². The van der Waals surface area contributed by atoms with Gasteiger partial charge in [0.15, 0.2) is 0 Å². The van der Waals surface area contributed by atoms with Crippen molar-refractivity contribution < 1.29 is 4.74 Å². The Bertz CT molecular complexity index is 105. The van der Waals surface area contributed by atoms with Crippen molar-refractivity contribution in [2.45, 2.75) is 32.6 Å². The molecule has 1 heteroatoms. The monoisotopic (exact) mass is 140 g/mol. The normalized spacial score (nSPS) is 8.90. The smallest absolute Gasteiger partial charge is 0.0960 e. The summed E-state index contributed by atoms with van der Waals surface area (Å²) in [6, 6.07) is 0. The Hall–Kier alpha value is -0.720. The molecule has 0 aromatic carbocycles. The van der Waals surface area contributed by atoms with E-state index in [-0.39, 0.29) is 0 Å². The van der Waals surface area contributed by atoms with E-state index >= 15 is 0 Å². The van der Waals surface area contributed by atoms with Crippen LogP contribution < -0.4 is 0 Å². The predicted molar refractivity (Wildman–Crippen MR) is 44.6 cm³/mol. The Morgan fingerprint density at radius 1 is 1.50 bits per heavy atom. The maximum absolute atomic E-state index is 4.96. The summed E-state index contributed by atoms with van der Waals surface area (Å²) >= 11 is 0. The minimum absolute atomic E-state index is 0.823. The highest BCUT2D eigenvalue weighted by atomic mass is 16.5. The number of hydrogen-bond acceptors (Lipinski definition) is 1. The lowest BCUT2D eigenvalue weighted by Crippen LogP contribution is -1.83. The van der Waals surface area contributed by atoms with E-state index in [1.54, 1.807) is 0 Å². The third kappa shape index (κ3) is 5.42. The van der Waals surface area contributed by atoms with Crippen molar-refractivity contribution in [3.05, 3.63) is 25.2 Å². The van der Waals surface area contributed by atoms with Gasteiger partial charge in [0.05, 0.1) is 12.0 Å². The molecule has 0 aromatic rings. The molecule has 0 amide bonds. The van der Waals surface area contributed by atoms with Gasteiger partial charge in [0, 0.05) is 6.42 Å². The average Bonchev–Trinajstić information content (AvgIpc) is 1.89. The molecule has 0 radical (unpaired) electrons. The van der Waals surface area contributed by atoms with E-state index in [9.17, 15) is 0 Å². The van der Waals surface area contributed by atoms with Crippen LogP contribution in [0.3, 0.4) is 0 Å². The van der Waals surface area contributed by atoms with Crippen molar-refractivity contribution >= 4 is 0 Å². The van der Waals surface area contributed by atoms with Crippen molar-refractivity contribution in [3.8, 4) is 0 Å². The van der Waals surface area contributed by atoms with E-state index in [4.69, 9.17) is 4.74 Å². The third-order valence-electron chi connectivity index (χ3n) is 1.31. The van der Waals surface area contributed by atoms with Gasteiger partial charge in [-0.15, -0.1) is 0 Å². The van der Waals surface area contributed by atoms with Crippen LogP contribution in [-0.2, 0) is 4.74 Å². The molecule has 58 valence electrons. The van der Waals surface area contributed by atoms with Crippen molar-refractivity contribution in [2.24, 2.45) is 0 Å². The molecule has 0 aliphatic carbocycles. The van der Waals surface area contributed by atoms with Crippen molar-refractivity contribution in [1.29, 1.82) is 0 Å². The topological polar surface area (TPSA) is 9.23 Å². The van der Waals surface area contributed by atoms with Crippen LogP contribution in [0.15, 0.2) is 25.2 Å². The van der Waals surface area contributed by atoms with E-state index in [0.29, 0.717) is 0 Å². The lowest BCUT2D eigenvalue weighted by molar-refractivity contribution is 0.333. The van der Waals surface area contributed by atoms with Gasteiger partial charge in [-0.25, -0.2) is 0 Å². The molecule has 0 atom stereocenters. The Morgan fingerprint density at radius 2 is 2.20 bits per heavy atom. The predicted octanol–water partition coefficient (Wildman–Crippen LogP) is 3.24. The third-order valence-corrected chi connectivity index (χ3v) is 1.31. The molecule has 0 bridgehead atoms. The zero-order valence-electron chi connectivity index (χ0n) is 6.73. The van der Waals surface area contributed by atoms with E-state index < -0.39 is 0 Å². The second-order valence-corrected chi connectivity index (χ2v) is 2.28. The quantitative estimate of drug-likeness (QED) is 0.406. The highest BCUT2D eigenvalue weighted by Gasteiger charge is 1.91. The van der Waals surface area contributed by atoms with E-state index in [2.05, 4.69) is 20.1 Å². The molecule has 0 aromatic heterocycles. The molecule has 0 spiro atoms. The van der Waals surface area contributed by atoms with Crippen LogP contribution in [0.5, 0.6) is 0 Å². The van der Waals surface area contributed by atoms with Crippen molar-refractivity contribution in [1.82, 2.24) is 0 Å². The van der Waals surface area contributed by atoms with Gasteiger partial charge >= 0.3 is 0 Å². The first-order valence-corrected chi connectivity index (χ1v) is 3.76. The SMILES string of the molecule is C=COC(=C)CCCCC. The summed E-state index contributed by atoms with van der Waals surface area (Å²) < 4.78 is 4.96. The van der Waals surface area contributed by atoms with Gasteiger partial charge in [0.25, 0.3) is 0 Å². The van der Waals surface area contributed by atoms with Crippen LogP contribution >= 0.6 is 0 Å².